The van der Waals surface area contributed by atoms with Gasteiger partial charge in [-0.1, -0.05) is 0 Å². The lowest BCUT2D eigenvalue weighted by Gasteiger charge is -2.15. The van der Waals surface area contributed by atoms with Gasteiger partial charge in [-0.25, -0.2) is 4.98 Å². The SMILES string of the molecule is Cc1cnc2c(c1)NCCS2. The van der Waals surface area contributed by atoms with E-state index < -0.39 is 0 Å². The van der Waals surface area contributed by atoms with Crippen LogP contribution in [0.25, 0.3) is 0 Å². The minimum absolute atomic E-state index is 1.06. The first-order chi connectivity index (χ1) is 5.36. The number of thioether (sulfide) groups is 1. The van der Waals surface area contributed by atoms with E-state index in [0.29, 0.717) is 0 Å². The molecule has 2 heterocycles. The maximum absolute atomic E-state index is 4.32. The van der Waals surface area contributed by atoms with Gasteiger partial charge in [0.25, 0.3) is 0 Å². The van der Waals surface area contributed by atoms with Gasteiger partial charge >= 0.3 is 0 Å². The monoisotopic (exact) mass is 166 g/mol. The molecule has 1 aliphatic heterocycles. The molecule has 0 bridgehead atoms. The van der Waals surface area contributed by atoms with Crippen LogP contribution in [0, 0.1) is 6.92 Å². The number of aromatic nitrogens is 1. The van der Waals surface area contributed by atoms with Crippen molar-refractivity contribution in [1.29, 1.82) is 0 Å². The normalized spacial score (nSPS) is 15.4. The Morgan fingerprint density at radius 1 is 1.64 bits per heavy atom. The molecule has 0 unspecified atom stereocenters. The maximum Gasteiger partial charge on any atom is 0.119 e. The number of fused-ring (bicyclic) bond motifs is 1. The van der Waals surface area contributed by atoms with E-state index in [4.69, 9.17) is 0 Å². The first-order valence-electron chi connectivity index (χ1n) is 3.69. The summed E-state index contributed by atoms with van der Waals surface area (Å²) in [4.78, 5) is 4.32. The molecule has 0 aliphatic carbocycles. The predicted octanol–water partition coefficient (Wildman–Crippen LogP) is 1.91. The van der Waals surface area contributed by atoms with Crippen molar-refractivity contribution in [3.63, 3.8) is 0 Å². The van der Waals surface area contributed by atoms with Crippen LogP contribution >= 0.6 is 11.8 Å². The quantitative estimate of drug-likeness (QED) is 0.637. The molecule has 1 aromatic heterocycles. The summed E-state index contributed by atoms with van der Waals surface area (Å²) in [6.45, 7) is 3.12. The van der Waals surface area contributed by atoms with Crippen molar-refractivity contribution in [3.05, 3.63) is 17.8 Å². The molecule has 0 radical (unpaired) electrons. The van der Waals surface area contributed by atoms with E-state index in [1.54, 1.807) is 0 Å². The number of hydrogen-bond donors (Lipinski definition) is 1. The van der Waals surface area contributed by atoms with Crippen LogP contribution in [0.15, 0.2) is 17.3 Å². The fraction of sp³-hybridized carbons (Fsp3) is 0.375. The highest BCUT2D eigenvalue weighted by Crippen LogP contribution is 2.28. The number of aryl methyl sites for hydroxylation is 1. The van der Waals surface area contributed by atoms with Crippen LogP contribution < -0.4 is 5.32 Å². The number of nitrogens with zero attached hydrogens (tertiary/aromatic N) is 1. The maximum atomic E-state index is 4.32. The van der Waals surface area contributed by atoms with Gasteiger partial charge in [0.05, 0.1) is 5.69 Å². The smallest absolute Gasteiger partial charge is 0.119 e. The molecule has 0 saturated carbocycles. The minimum atomic E-state index is 1.06. The van der Waals surface area contributed by atoms with Crippen molar-refractivity contribution in [1.82, 2.24) is 4.98 Å². The Bertz CT molecular complexity index is 273. The van der Waals surface area contributed by atoms with Crippen molar-refractivity contribution in [2.24, 2.45) is 0 Å². The molecule has 0 spiro atoms. The average molecular weight is 166 g/mol. The van der Waals surface area contributed by atoms with Gasteiger partial charge in [0.15, 0.2) is 0 Å². The molecule has 1 N–H and O–H groups in total. The lowest BCUT2D eigenvalue weighted by molar-refractivity contribution is 1.05. The summed E-state index contributed by atoms with van der Waals surface area (Å²) in [6.07, 6.45) is 1.92. The van der Waals surface area contributed by atoms with Crippen LogP contribution in [0.4, 0.5) is 5.69 Å². The molecule has 0 saturated heterocycles. The number of rotatable bonds is 0. The Balaban J connectivity index is 2.43. The number of nitrogens with one attached hydrogen (secondary N) is 1. The van der Waals surface area contributed by atoms with Crippen molar-refractivity contribution in [3.8, 4) is 0 Å². The molecular formula is C8H10N2S. The minimum Gasteiger partial charge on any atom is -0.382 e. The highest BCUT2D eigenvalue weighted by atomic mass is 32.2. The summed E-state index contributed by atoms with van der Waals surface area (Å²) < 4.78 is 0. The third-order valence-corrected chi connectivity index (χ3v) is 2.65. The van der Waals surface area contributed by atoms with Crippen LogP contribution in [0.3, 0.4) is 0 Å². The van der Waals surface area contributed by atoms with E-state index in [2.05, 4.69) is 23.3 Å². The van der Waals surface area contributed by atoms with Crippen LogP contribution in [0.5, 0.6) is 0 Å². The molecule has 1 aromatic rings. The fourth-order valence-electron chi connectivity index (χ4n) is 1.13. The summed E-state index contributed by atoms with van der Waals surface area (Å²) in [5.74, 6) is 1.13. The van der Waals surface area contributed by atoms with Gasteiger partial charge in [0.1, 0.15) is 5.03 Å². The molecule has 2 rings (SSSR count). The predicted molar refractivity (Wildman–Crippen MR) is 48.2 cm³/mol. The van der Waals surface area contributed by atoms with Crippen molar-refractivity contribution < 1.29 is 0 Å². The molecule has 0 aromatic carbocycles. The summed E-state index contributed by atoms with van der Waals surface area (Å²) in [6, 6.07) is 2.15. The molecular weight excluding hydrogens is 156 g/mol. The van der Waals surface area contributed by atoms with Gasteiger partial charge in [-0.15, -0.1) is 11.8 Å². The average Bonchev–Trinajstić information content (AvgIpc) is 2.04. The highest BCUT2D eigenvalue weighted by molar-refractivity contribution is 7.99. The van der Waals surface area contributed by atoms with E-state index in [1.807, 2.05) is 18.0 Å². The summed E-state index contributed by atoms with van der Waals surface area (Å²) in [5.41, 5.74) is 2.42. The van der Waals surface area contributed by atoms with Crippen LogP contribution in [0.2, 0.25) is 0 Å². The molecule has 0 fully saturated rings. The standard InChI is InChI=1S/C8H10N2S/c1-6-4-7-8(10-5-6)11-3-2-9-7/h4-5,9H,2-3H2,1H3. The second kappa shape index (κ2) is 2.74. The van der Waals surface area contributed by atoms with Gasteiger partial charge in [-0.05, 0) is 18.6 Å². The van der Waals surface area contributed by atoms with Gasteiger partial charge in [-0.3, -0.25) is 0 Å². The zero-order valence-electron chi connectivity index (χ0n) is 6.42. The fourth-order valence-corrected chi connectivity index (χ4v) is 1.94. The Kier molecular flexibility index (Phi) is 1.74. The van der Waals surface area contributed by atoms with E-state index in [1.165, 1.54) is 11.3 Å². The molecule has 58 valence electrons. The molecule has 0 amide bonds. The first kappa shape index (κ1) is 6.98. The summed E-state index contributed by atoms with van der Waals surface area (Å²) in [7, 11) is 0. The molecule has 11 heavy (non-hydrogen) atoms. The first-order valence-corrected chi connectivity index (χ1v) is 4.68. The van der Waals surface area contributed by atoms with E-state index in [9.17, 15) is 0 Å². The van der Waals surface area contributed by atoms with Crippen LogP contribution in [-0.4, -0.2) is 17.3 Å². The molecule has 1 aliphatic rings. The topological polar surface area (TPSA) is 24.9 Å². The Morgan fingerprint density at radius 3 is 3.45 bits per heavy atom. The van der Waals surface area contributed by atoms with E-state index in [-0.39, 0.29) is 0 Å². The van der Waals surface area contributed by atoms with Crippen molar-refractivity contribution >= 4 is 17.4 Å². The lowest BCUT2D eigenvalue weighted by Crippen LogP contribution is -2.11. The second-order valence-corrected chi connectivity index (χ2v) is 3.72. The zero-order valence-corrected chi connectivity index (χ0v) is 7.24. The van der Waals surface area contributed by atoms with Gasteiger partial charge in [0, 0.05) is 18.5 Å². The zero-order chi connectivity index (χ0) is 7.68. The lowest BCUT2D eigenvalue weighted by atomic mass is 10.3. The number of hydrogen-bond acceptors (Lipinski definition) is 3. The van der Waals surface area contributed by atoms with Gasteiger partial charge in [0.2, 0.25) is 0 Å². The van der Waals surface area contributed by atoms with Crippen LogP contribution in [-0.2, 0) is 0 Å². The van der Waals surface area contributed by atoms with Crippen molar-refractivity contribution in [2.45, 2.75) is 11.9 Å². The summed E-state index contributed by atoms with van der Waals surface area (Å²) in [5, 5.41) is 4.46. The van der Waals surface area contributed by atoms with Gasteiger partial charge < -0.3 is 5.32 Å². The number of pyridine rings is 1. The largest absolute Gasteiger partial charge is 0.382 e. The Morgan fingerprint density at radius 2 is 2.55 bits per heavy atom. The molecule has 2 nitrogen and oxygen atoms in total. The summed E-state index contributed by atoms with van der Waals surface area (Å²) >= 11 is 1.82. The number of anilines is 1. The third-order valence-electron chi connectivity index (χ3n) is 1.64. The highest BCUT2D eigenvalue weighted by Gasteiger charge is 2.08. The van der Waals surface area contributed by atoms with Crippen LogP contribution in [0.1, 0.15) is 5.56 Å². The molecule has 3 heteroatoms. The molecule has 0 atom stereocenters. The second-order valence-electron chi connectivity index (χ2n) is 2.64. The van der Waals surface area contributed by atoms with E-state index >= 15 is 0 Å². The van der Waals surface area contributed by atoms with E-state index in [0.717, 1.165) is 17.3 Å². The van der Waals surface area contributed by atoms with Crippen molar-refractivity contribution in [2.75, 3.05) is 17.6 Å². The van der Waals surface area contributed by atoms with Gasteiger partial charge in [-0.2, -0.15) is 0 Å². The Hall–Kier alpha value is -0.700. The Labute approximate surface area is 70.4 Å². The third kappa shape index (κ3) is 1.33.